The van der Waals surface area contributed by atoms with Gasteiger partial charge < -0.3 is 0 Å². The second-order valence-electron chi connectivity index (χ2n) is 2.73. The van der Waals surface area contributed by atoms with Crippen molar-refractivity contribution >= 4 is 15.9 Å². The van der Waals surface area contributed by atoms with Crippen molar-refractivity contribution in [2.45, 2.75) is 0 Å². The van der Waals surface area contributed by atoms with Crippen LogP contribution in [-0.2, 0) is 0 Å². The Balaban J connectivity index is 2.44. The van der Waals surface area contributed by atoms with Crippen LogP contribution in [0, 0.1) is 5.82 Å². The van der Waals surface area contributed by atoms with E-state index in [0.29, 0.717) is 10.3 Å². The van der Waals surface area contributed by atoms with Crippen molar-refractivity contribution in [2.24, 2.45) is 0 Å². The van der Waals surface area contributed by atoms with Crippen LogP contribution in [0.4, 0.5) is 4.39 Å². The summed E-state index contributed by atoms with van der Waals surface area (Å²) in [6.07, 6.45) is 3.18. The zero-order valence-electron chi connectivity index (χ0n) is 7.11. The summed E-state index contributed by atoms with van der Waals surface area (Å²) < 4.78 is 13.5. The van der Waals surface area contributed by atoms with Gasteiger partial charge in [-0.25, -0.2) is 9.37 Å². The third kappa shape index (κ3) is 1.96. The summed E-state index contributed by atoms with van der Waals surface area (Å²) in [5.41, 5.74) is 1.39. The number of nitrogens with zero attached hydrogens (tertiary/aromatic N) is 2. The Labute approximate surface area is 89.0 Å². The fourth-order valence-corrected chi connectivity index (χ4v) is 1.31. The number of rotatable bonds is 1. The zero-order chi connectivity index (χ0) is 9.97. The van der Waals surface area contributed by atoms with Gasteiger partial charge in [0.25, 0.3) is 0 Å². The molecule has 14 heavy (non-hydrogen) atoms. The molecule has 0 N–H and O–H groups in total. The van der Waals surface area contributed by atoms with E-state index < -0.39 is 0 Å². The number of hydrogen-bond donors (Lipinski definition) is 0. The molecule has 0 atom stereocenters. The van der Waals surface area contributed by atoms with E-state index in [9.17, 15) is 4.39 Å². The maximum absolute atomic E-state index is 12.9. The molecule has 0 bridgehead atoms. The van der Waals surface area contributed by atoms with Gasteiger partial charge in [0.1, 0.15) is 10.4 Å². The third-order valence-electron chi connectivity index (χ3n) is 1.74. The molecule has 1 heterocycles. The van der Waals surface area contributed by atoms with Crippen LogP contribution in [-0.4, -0.2) is 9.97 Å². The molecular weight excluding hydrogens is 247 g/mol. The van der Waals surface area contributed by atoms with Crippen molar-refractivity contribution in [3.63, 3.8) is 0 Å². The smallest absolute Gasteiger partial charge is 0.124 e. The normalized spacial score (nSPS) is 10.1. The second kappa shape index (κ2) is 3.84. The minimum atomic E-state index is -0.271. The van der Waals surface area contributed by atoms with Crippen LogP contribution >= 0.6 is 15.9 Å². The molecule has 70 valence electrons. The lowest BCUT2D eigenvalue weighted by Crippen LogP contribution is -1.86. The highest BCUT2D eigenvalue weighted by atomic mass is 79.9. The van der Waals surface area contributed by atoms with E-state index in [0.717, 1.165) is 5.56 Å². The van der Waals surface area contributed by atoms with Crippen molar-refractivity contribution < 1.29 is 4.39 Å². The van der Waals surface area contributed by atoms with Crippen LogP contribution in [0.5, 0.6) is 0 Å². The molecule has 0 saturated carbocycles. The molecule has 0 saturated heterocycles. The largest absolute Gasteiger partial charge is 0.252 e. The van der Waals surface area contributed by atoms with Gasteiger partial charge in [-0.05, 0) is 28.1 Å². The first-order chi connectivity index (χ1) is 6.75. The molecule has 4 heteroatoms. The molecule has 2 rings (SSSR count). The van der Waals surface area contributed by atoms with E-state index in [4.69, 9.17) is 0 Å². The summed E-state index contributed by atoms with van der Waals surface area (Å²) in [5.74, 6) is -0.271. The number of benzene rings is 1. The van der Waals surface area contributed by atoms with Crippen molar-refractivity contribution in [1.29, 1.82) is 0 Å². The third-order valence-corrected chi connectivity index (χ3v) is 2.15. The molecule has 0 unspecified atom stereocenters. The fourth-order valence-electron chi connectivity index (χ4n) is 1.11. The lowest BCUT2D eigenvalue weighted by molar-refractivity contribution is 0.628. The molecule has 0 radical (unpaired) electrons. The maximum atomic E-state index is 12.9. The lowest BCUT2D eigenvalue weighted by atomic mass is 10.1. The van der Waals surface area contributed by atoms with E-state index in [-0.39, 0.29) is 5.82 Å². The second-order valence-corrected chi connectivity index (χ2v) is 3.55. The minimum Gasteiger partial charge on any atom is -0.252 e. The Hall–Kier alpha value is -1.29. The van der Waals surface area contributed by atoms with E-state index in [1.807, 2.05) is 0 Å². The monoisotopic (exact) mass is 252 g/mol. The predicted molar refractivity (Wildman–Crippen MR) is 55.1 cm³/mol. The Morgan fingerprint density at radius 3 is 2.64 bits per heavy atom. The summed E-state index contributed by atoms with van der Waals surface area (Å²) in [6.45, 7) is 0. The van der Waals surface area contributed by atoms with Crippen LogP contribution in [0.3, 0.4) is 0 Å². The highest BCUT2D eigenvalue weighted by Gasteiger charge is 2.00. The zero-order valence-corrected chi connectivity index (χ0v) is 8.70. The maximum Gasteiger partial charge on any atom is 0.124 e. The van der Waals surface area contributed by atoms with Gasteiger partial charge in [-0.2, -0.15) is 0 Å². The molecular formula is C10H6BrFN2. The molecule has 0 fully saturated rings. The fraction of sp³-hybridized carbons (Fsp3) is 0. The molecule has 1 aromatic heterocycles. The van der Waals surface area contributed by atoms with Gasteiger partial charge in [0.05, 0.1) is 18.1 Å². The van der Waals surface area contributed by atoms with Crippen molar-refractivity contribution in [2.75, 3.05) is 0 Å². The Morgan fingerprint density at radius 2 is 2.00 bits per heavy atom. The van der Waals surface area contributed by atoms with Crippen LogP contribution in [0.25, 0.3) is 11.3 Å². The standard InChI is InChI=1S/C10H6BrFN2/c11-10-6-13-9(5-14-10)7-2-1-3-8(12)4-7/h1-6H. The van der Waals surface area contributed by atoms with Crippen molar-refractivity contribution in [1.82, 2.24) is 9.97 Å². The van der Waals surface area contributed by atoms with Crippen molar-refractivity contribution in [3.05, 3.63) is 47.1 Å². The lowest BCUT2D eigenvalue weighted by Gasteiger charge is -1.99. The molecule has 2 aromatic rings. The highest BCUT2D eigenvalue weighted by Crippen LogP contribution is 2.17. The topological polar surface area (TPSA) is 25.8 Å². The molecule has 1 aromatic carbocycles. The first-order valence-electron chi connectivity index (χ1n) is 3.99. The van der Waals surface area contributed by atoms with Gasteiger partial charge in [-0.3, -0.25) is 4.98 Å². The van der Waals surface area contributed by atoms with Gasteiger partial charge >= 0.3 is 0 Å². The van der Waals surface area contributed by atoms with E-state index >= 15 is 0 Å². The van der Waals surface area contributed by atoms with Crippen molar-refractivity contribution in [3.8, 4) is 11.3 Å². The van der Waals surface area contributed by atoms with Crippen LogP contribution in [0.2, 0.25) is 0 Å². The number of aromatic nitrogens is 2. The Bertz CT molecular complexity index is 442. The minimum absolute atomic E-state index is 0.271. The molecule has 2 nitrogen and oxygen atoms in total. The van der Waals surface area contributed by atoms with E-state index in [1.54, 1.807) is 24.5 Å². The van der Waals surface area contributed by atoms with Gasteiger partial charge in [-0.15, -0.1) is 0 Å². The quantitative estimate of drug-likeness (QED) is 0.780. The molecule has 0 amide bonds. The summed E-state index contributed by atoms with van der Waals surface area (Å²) in [5, 5.41) is 0. The van der Waals surface area contributed by atoms with Gasteiger partial charge in [0.15, 0.2) is 0 Å². The highest BCUT2D eigenvalue weighted by molar-refractivity contribution is 9.10. The summed E-state index contributed by atoms with van der Waals surface area (Å²) in [7, 11) is 0. The predicted octanol–water partition coefficient (Wildman–Crippen LogP) is 3.05. The van der Waals surface area contributed by atoms with Gasteiger partial charge in [-0.1, -0.05) is 12.1 Å². The molecule has 0 aliphatic heterocycles. The molecule has 0 aliphatic rings. The van der Waals surface area contributed by atoms with E-state index in [1.165, 1.54) is 12.1 Å². The molecule has 0 aliphatic carbocycles. The average Bonchev–Trinajstić information content (AvgIpc) is 2.19. The Kier molecular flexibility index (Phi) is 2.54. The number of hydrogen-bond acceptors (Lipinski definition) is 2. The van der Waals surface area contributed by atoms with Gasteiger partial charge in [0.2, 0.25) is 0 Å². The van der Waals surface area contributed by atoms with Gasteiger partial charge in [0, 0.05) is 5.56 Å². The summed E-state index contributed by atoms with van der Waals surface area (Å²) in [6, 6.07) is 6.27. The molecule has 0 spiro atoms. The SMILES string of the molecule is Fc1cccc(-c2cnc(Br)cn2)c1. The van der Waals surface area contributed by atoms with Crippen LogP contribution in [0.15, 0.2) is 41.3 Å². The average molecular weight is 253 g/mol. The van der Waals surface area contributed by atoms with Crippen LogP contribution < -0.4 is 0 Å². The van der Waals surface area contributed by atoms with Crippen LogP contribution in [0.1, 0.15) is 0 Å². The van der Waals surface area contributed by atoms with E-state index in [2.05, 4.69) is 25.9 Å². The number of halogens is 2. The first-order valence-corrected chi connectivity index (χ1v) is 4.78. The Morgan fingerprint density at radius 1 is 1.14 bits per heavy atom. The first kappa shape index (κ1) is 9.27. The summed E-state index contributed by atoms with van der Waals surface area (Å²) in [4.78, 5) is 8.13. The summed E-state index contributed by atoms with van der Waals surface area (Å²) >= 11 is 3.18.